The van der Waals surface area contributed by atoms with Gasteiger partial charge in [0.05, 0.1) is 6.54 Å². The first kappa shape index (κ1) is 20.6. The number of nitrogens with zero attached hydrogens (tertiary/aromatic N) is 1. The standard InChI is InChI=1S/C23H26N2O4/c1-3-16-9-11-17(12-10-16)15-29-21-8-4-6-18-19(21)14-25(23(18)28)20(7-5-13-26)22(27)24-2/h4,6,8-13,20H,3,5,7,14-15H2,1-2H3,(H,24,27). The van der Waals surface area contributed by atoms with Crippen LogP contribution in [0.2, 0.25) is 0 Å². The summed E-state index contributed by atoms with van der Waals surface area (Å²) in [6.45, 7) is 2.80. The molecular weight excluding hydrogens is 368 g/mol. The minimum Gasteiger partial charge on any atom is -0.489 e. The summed E-state index contributed by atoms with van der Waals surface area (Å²) in [5.41, 5.74) is 3.65. The molecule has 0 saturated carbocycles. The van der Waals surface area contributed by atoms with E-state index < -0.39 is 6.04 Å². The third kappa shape index (κ3) is 4.47. The Balaban J connectivity index is 1.78. The fourth-order valence-corrected chi connectivity index (χ4v) is 3.57. The second-order valence-electron chi connectivity index (χ2n) is 7.05. The van der Waals surface area contributed by atoms with Crippen LogP contribution in [0.3, 0.4) is 0 Å². The molecule has 6 nitrogen and oxygen atoms in total. The smallest absolute Gasteiger partial charge is 0.255 e. The summed E-state index contributed by atoms with van der Waals surface area (Å²) in [5.74, 6) is 0.160. The van der Waals surface area contributed by atoms with Crippen LogP contribution < -0.4 is 10.1 Å². The molecule has 0 fully saturated rings. The summed E-state index contributed by atoms with van der Waals surface area (Å²) in [6.07, 6.45) is 2.27. The van der Waals surface area contributed by atoms with Gasteiger partial charge in [0.1, 0.15) is 24.7 Å². The monoisotopic (exact) mass is 394 g/mol. The maximum atomic E-state index is 12.9. The number of carbonyl (C=O) groups excluding carboxylic acids is 3. The number of ether oxygens (including phenoxy) is 1. The first-order valence-electron chi connectivity index (χ1n) is 9.87. The molecule has 1 heterocycles. The third-order valence-corrected chi connectivity index (χ3v) is 5.26. The predicted molar refractivity (Wildman–Crippen MR) is 110 cm³/mol. The van der Waals surface area contributed by atoms with Gasteiger partial charge in [0, 0.05) is 24.6 Å². The van der Waals surface area contributed by atoms with Crippen LogP contribution in [0.25, 0.3) is 0 Å². The molecule has 0 aromatic heterocycles. The zero-order valence-electron chi connectivity index (χ0n) is 16.8. The second-order valence-corrected chi connectivity index (χ2v) is 7.05. The van der Waals surface area contributed by atoms with Crippen LogP contribution in [0.1, 0.15) is 46.8 Å². The van der Waals surface area contributed by atoms with Crippen molar-refractivity contribution in [2.75, 3.05) is 7.05 Å². The molecule has 29 heavy (non-hydrogen) atoms. The van der Waals surface area contributed by atoms with Gasteiger partial charge in [-0.3, -0.25) is 9.59 Å². The fourth-order valence-electron chi connectivity index (χ4n) is 3.57. The van der Waals surface area contributed by atoms with Crippen molar-refractivity contribution in [3.05, 3.63) is 64.7 Å². The lowest BCUT2D eigenvalue weighted by Gasteiger charge is -2.25. The van der Waals surface area contributed by atoms with E-state index in [9.17, 15) is 14.4 Å². The number of rotatable bonds is 9. The molecule has 1 aliphatic rings. The van der Waals surface area contributed by atoms with E-state index in [-0.39, 0.29) is 24.8 Å². The maximum Gasteiger partial charge on any atom is 0.255 e. The fraction of sp³-hybridized carbons (Fsp3) is 0.348. The van der Waals surface area contributed by atoms with Crippen molar-refractivity contribution < 1.29 is 19.1 Å². The summed E-state index contributed by atoms with van der Waals surface area (Å²) >= 11 is 0. The summed E-state index contributed by atoms with van der Waals surface area (Å²) < 4.78 is 6.02. The van der Waals surface area contributed by atoms with Crippen molar-refractivity contribution in [1.29, 1.82) is 0 Å². The minimum absolute atomic E-state index is 0.211. The van der Waals surface area contributed by atoms with Gasteiger partial charge in [0.25, 0.3) is 5.91 Å². The van der Waals surface area contributed by atoms with Crippen LogP contribution in [0, 0.1) is 0 Å². The van der Waals surface area contributed by atoms with Crippen LogP contribution in [0.4, 0.5) is 0 Å². The first-order valence-corrected chi connectivity index (χ1v) is 9.87. The maximum absolute atomic E-state index is 12.9. The number of benzene rings is 2. The Bertz CT molecular complexity index is 892. The molecule has 0 bridgehead atoms. The van der Waals surface area contributed by atoms with Gasteiger partial charge in [-0.1, -0.05) is 37.3 Å². The normalized spacial score (nSPS) is 13.7. The Morgan fingerprint density at radius 2 is 1.93 bits per heavy atom. The van der Waals surface area contributed by atoms with E-state index >= 15 is 0 Å². The highest BCUT2D eigenvalue weighted by molar-refractivity contribution is 6.01. The largest absolute Gasteiger partial charge is 0.489 e. The molecule has 0 spiro atoms. The number of nitrogens with one attached hydrogen (secondary N) is 1. The summed E-state index contributed by atoms with van der Waals surface area (Å²) in [4.78, 5) is 37.5. The molecule has 0 radical (unpaired) electrons. The third-order valence-electron chi connectivity index (χ3n) is 5.26. The average Bonchev–Trinajstić information content (AvgIpc) is 3.09. The van der Waals surface area contributed by atoms with Crippen LogP contribution in [0.5, 0.6) is 5.75 Å². The van der Waals surface area contributed by atoms with E-state index in [1.807, 2.05) is 18.2 Å². The van der Waals surface area contributed by atoms with Crippen molar-refractivity contribution in [2.45, 2.75) is 45.4 Å². The second kappa shape index (κ2) is 9.37. The van der Waals surface area contributed by atoms with Gasteiger partial charge >= 0.3 is 0 Å². The van der Waals surface area contributed by atoms with Gasteiger partial charge in [-0.15, -0.1) is 0 Å². The quantitative estimate of drug-likeness (QED) is 0.664. The average molecular weight is 394 g/mol. The highest BCUT2D eigenvalue weighted by Crippen LogP contribution is 2.33. The van der Waals surface area contributed by atoms with E-state index in [1.54, 1.807) is 12.1 Å². The highest BCUT2D eigenvalue weighted by Gasteiger charge is 2.37. The van der Waals surface area contributed by atoms with E-state index in [0.717, 1.165) is 23.8 Å². The minimum atomic E-state index is -0.681. The van der Waals surface area contributed by atoms with Crippen molar-refractivity contribution in [1.82, 2.24) is 10.2 Å². The Morgan fingerprint density at radius 3 is 2.59 bits per heavy atom. The van der Waals surface area contributed by atoms with E-state index in [2.05, 4.69) is 24.4 Å². The molecule has 1 N–H and O–H groups in total. The Hall–Kier alpha value is -3.15. The number of likely N-dealkylation sites (N-methyl/N-ethyl adjacent to an activating group) is 1. The molecule has 2 aromatic carbocycles. The number of amides is 2. The molecule has 152 valence electrons. The predicted octanol–water partition coefficient (Wildman–Crippen LogP) is 2.88. The Kier molecular flexibility index (Phi) is 6.65. The number of aryl methyl sites for hydroxylation is 1. The van der Waals surface area contributed by atoms with Gasteiger partial charge in [-0.25, -0.2) is 0 Å². The SMILES string of the molecule is CCc1ccc(COc2cccc3c2CN(C(CCC=O)C(=O)NC)C3=O)cc1. The first-order chi connectivity index (χ1) is 14.1. The number of hydrogen-bond acceptors (Lipinski definition) is 4. The lowest BCUT2D eigenvalue weighted by atomic mass is 10.1. The van der Waals surface area contributed by atoms with Crippen LogP contribution in [-0.4, -0.2) is 36.1 Å². The van der Waals surface area contributed by atoms with Gasteiger partial charge in [-0.05, 0) is 36.1 Å². The van der Waals surface area contributed by atoms with Crippen molar-refractivity contribution in [2.24, 2.45) is 0 Å². The molecule has 6 heteroatoms. The summed E-state index contributed by atoms with van der Waals surface area (Å²) in [7, 11) is 1.53. The molecule has 0 aliphatic carbocycles. The van der Waals surface area contributed by atoms with E-state index in [1.165, 1.54) is 17.5 Å². The zero-order valence-corrected chi connectivity index (χ0v) is 16.8. The van der Waals surface area contributed by atoms with Crippen LogP contribution in [-0.2, 0) is 29.2 Å². The molecule has 3 rings (SSSR count). The van der Waals surface area contributed by atoms with Gasteiger partial charge in [-0.2, -0.15) is 0 Å². The number of aldehydes is 1. The molecule has 1 atom stereocenters. The Morgan fingerprint density at radius 1 is 1.21 bits per heavy atom. The van der Waals surface area contributed by atoms with Crippen LogP contribution in [0.15, 0.2) is 42.5 Å². The van der Waals surface area contributed by atoms with Gasteiger partial charge < -0.3 is 19.7 Å². The molecule has 2 amide bonds. The number of hydrogen-bond donors (Lipinski definition) is 1. The molecule has 0 saturated heterocycles. The zero-order chi connectivity index (χ0) is 20.8. The molecule has 1 unspecified atom stereocenters. The number of carbonyl (C=O) groups is 3. The van der Waals surface area contributed by atoms with Gasteiger partial charge in [0.15, 0.2) is 0 Å². The highest BCUT2D eigenvalue weighted by atomic mass is 16.5. The van der Waals surface area contributed by atoms with E-state index in [0.29, 0.717) is 24.3 Å². The van der Waals surface area contributed by atoms with E-state index in [4.69, 9.17) is 4.74 Å². The van der Waals surface area contributed by atoms with Gasteiger partial charge in [0.2, 0.25) is 5.91 Å². The lowest BCUT2D eigenvalue weighted by molar-refractivity contribution is -0.125. The molecule has 1 aliphatic heterocycles. The van der Waals surface area contributed by atoms with Crippen molar-refractivity contribution >= 4 is 18.1 Å². The Labute approximate surface area is 170 Å². The molecular formula is C23H26N2O4. The van der Waals surface area contributed by atoms with Crippen molar-refractivity contribution in [3.8, 4) is 5.75 Å². The topological polar surface area (TPSA) is 75.7 Å². The molecule has 2 aromatic rings. The lowest BCUT2D eigenvalue weighted by Crippen LogP contribution is -2.46. The number of fused-ring (bicyclic) bond motifs is 1. The van der Waals surface area contributed by atoms with Crippen molar-refractivity contribution in [3.63, 3.8) is 0 Å². The summed E-state index contributed by atoms with van der Waals surface area (Å²) in [5, 5.41) is 2.59. The van der Waals surface area contributed by atoms with Crippen LogP contribution >= 0.6 is 0 Å². The summed E-state index contributed by atoms with van der Waals surface area (Å²) in [6, 6.07) is 13.0.